The highest BCUT2D eigenvalue weighted by molar-refractivity contribution is 8.00. The average Bonchev–Trinajstić information content (AvgIpc) is 2.18. The van der Waals surface area contributed by atoms with Crippen molar-refractivity contribution in [1.82, 2.24) is 5.32 Å². The van der Waals surface area contributed by atoms with Gasteiger partial charge in [-0.25, -0.2) is 0 Å². The van der Waals surface area contributed by atoms with Gasteiger partial charge in [0.05, 0.1) is 5.25 Å². The largest absolute Gasteiger partial charge is 0.353 e. The van der Waals surface area contributed by atoms with Crippen molar-refractivity contribution in [3.05, 3.63) is 30.3 Å². The molecule has 0 aliphatic heterocycles. The van der Waals surface area contributed by atoms with Crippen LogP contribution >= 0.6 is 11.8 Å². The lowest BCUT2D eigenvalue weighted by atomic mass is 10.3. The third-order valence-corrected chi connectivity index (χ3v) is 2.97. The van der Waals surface area contributed by atoms with E-state index in [1.165, 1.54) is 0 Å². The minimum Gasteiger partial charge on any atom is -0.353 e. The second-order valence-electron chi connectivity index (χ2n) is 3.74. The second kappa shape index (κ2) is 5.81. The lowest BCUT2D eigenvalue weighted by molar-refractivity contribution is -0.120. The predicted molar refractivity (Wildman–Crippen MR) is 65.0 cm³/mol. The van der Waals surface area contributed by atoms with Crippen molar-refractivity contribution in [2.24, 2.45) is 0 Å². The van der Waals surface area contributed by atoms with Gasteiger partial charge in [-0.2, -0.15) is 0 Å². The summed E-state index contributed by atoms with van der Waals surface area (Å²) in [6.45, 7) is 5.87. The van der Waals surface area contributed by atoms with Crippen LogP contribution in [-0.4, -0.2) is 17.2 Å². The number of hydrogen-bond donors (Lipinski definition) is 1. The lowest BCUT2D eigenvalue weighted by Gasteiger charge is -2.13. The number of hydrogen-bond acceptors (Lipinski definition) is 2. The Bertz CT molecular complexity index is 311. The van der Waals surface area contributed by atoms with E-state index in [1.807, 2.05) is 51.1 Å². The quantitative estimate of drug-likeness (QED) is 0.795. The Labute approximate surface area is 95.5 Å². The summed E-state index contributed by atoms with van der Waals surface area (Å²) in [4.78, 5) is 12.8. The fourth-order valence-electron chi connectivity index (χ4n) is 1.16. The van der Waals surface area contributed by atoms with Crippen LogP contribution in [0.5, 0.6) is 0 Å². The van der Waals surface area contributed by atoms with Gasteiger partial charge in [-0.05, 0) is 32.9 Å². The first kappa shape index (κ1) is 12.1. The van der Waals surface area contributed by atoms with Crippen LogP contribution in [0.15, 0.2) is 35.2 Å². The summed E-state index contributed by atoms with van der Waals surface area (Å²) in [5.41, 5.74) is 0. The fraction of sp³-hybridized carbons (Fsp3) is 0.417. The molecular formula is C12H17NOS. The summed E-state index contributed by atoms with van der Waals surface area (Å²) in [5, 5.41) is 2.86. The van der Waals surface area contributed by atoms with Gasteiger partial charge in [0.1, 0.15) is 0 Å². The zero-order chi connectivity index (χ0) is 11.3. The normalized spacial score (nSPS) is 12.5. The number of benzene rings is 1. The summed E-state index contributed by atoms with van der Waals surface area (Å²) >= 11 is 1.58. The molecule has 0 radical (unpaired) electrons. The van der Waals surface area contributed by atoms with Gasteiger partial charge in [0.2, 0.25) is 5.91 Å². The number of rotatable bonds is 4. The molecule has 0 aliphatic rings. The molecule has 1 atom stereocenters. The summed E-state index contributed by atoms with van der Waals surface area (Å²) < 4.78 is 0. The van der Waals surface area contributed by atoms with E-state index in [0.29, 0.717) is 0 Å². The first-order valence-corrected chi connectivity index (χ1v) is 5.99. The van der Waals surface area contributed by atoms with Gasteiger partial charge in [-0.15, -0.1) is 11.8 Å². The van der Waals surface area contributed by atoms with E-state index in [-0.39, 0.29) is 17.2 Å². The number of nitrogens with one attached hydrogen (secondary N) is 1. The SMILES string of the molecule is CC(C)NC(=O)C(C)Sc1ccccc1. The molecule has 1 aromatic carbocycles. The third-order valence-electron chi connectivity index (χ3n) is 1.86. The molecule has 0 saturated carbocycles. The molecule has 1 rings (SSSR count). The van der Waals surface area contributed by atoms with Gasteiger partial charge < -0.3 is 5.32 Å². The Hall–Kier alpha value is -0.960. The maximum atomic E-state index is 11.6. The molecule has 1 N–H and O–H groups in total. The molecule has 1 aromatic rings. The standard InChI is InChI=1S/C12H17NOS/c1-9(2)13-12(14)10(3)15-11-7-5-4-6-8-11/h4-10H,1-3H3,(H,13,14). The maximum absolute atomic E-state index is 11.6. The molecule has 0 bridgehead atoms. The Morgan fingerprint density at radius 1 is 1.20 bits per heavy atom. The van der Waals surface area contributed by atoms with Crippen molar-refractivity contribution in [3.8, 4) is 0 Å². The fourth-order valence-corrected chi connectivity index (χ4v) is 2.06. The molecule has 15 heavy (non-hydrogen) atoms. The van der Waals surface area contributed by atoms with E-state index in [1.54, 1.807) is 11.8 Å². The molecule has 1 unspecified atom stereocenters. The molecule has 0 heterocycles. The Kier molecular flexibility index (Phi) is 4.69. The highest BCUT2D eigenvalue weighted by atomic mass is 32.2. The number of carbonyl (C=O) groups excluding carboxylic acids is 1. The van der Waals surface area contributed by atoms with Crippen molar-refractivity contribution >= 4 is 17.7 Å². The van der Waals surface area contributed by atoms with Crippen LogP contribution in [0.3, 0.4) is 0 Å². The molecule has 3 heteroatoms. The number of carbonyl (C=O) groups is 1. The van der Waals surface area contributed by atoms with Gasteiger partial charge in [-0.1, -0.05) is 18.2 Å². The van der Waals surface area contributed by atoms with Crippen molar-refractivity contribution in [2.75, 3.05) is 0 Å². The van der Waals surface area contributed by atoms with E-state index < -0.39 is 0 Å². The van der Waals surface area contributed by atoms with Crippen LogP contribution in [0, 0.1) is 0 Å². The smallest absolute Gasteiger partial charge is 0.233 e. The van der Waals surface area contributed by atoms with E-state index >= 15 is 0 Å². The highest BCUT2D eigenvalue weighted by Crippen LogP contribution is 2.22. The Morgan fingerprint density at radius 2 is 1.80 bits per heavy atom. The minimum absolute atomic E-state index is 0.0465. The van der Waals surface area contributed by atoms with E-state index in [4.69, 9.17) is 0 Å². The molecular weight excluding hydrogens is 206 g/mol. The van der Waals surface area contributed by atoms with Crippen molar-refractivity contribution < 1.29 is 4.79 Å². The molecule has 0 spiro atoms. The topological polar surface area (TPSA) is 29.1 Å². The number of amides is 1. The van der Waals surface area contributed by atoms with Crippen LogP contribution in [0.4, 0.5) is 0 Å². The summed E-state index contributed by atoms with van der Waals surface area (Å²) in [6.07, 6.45) is 0. The molecule has 0 aliphatic carbocycles. The van der Waals surface area contributed by atoms with Crippen molar-refractivity contribution in [3.63, 3.8) is 0 Å². The van der Waals surface area contributed by atoms with Gasteiger partial charge in [-0.3, -0.25) is 4.79 Å². The van der Waals surface area contributed by atoms with E-state index in [2.05, 4.69) is 5.32 Å². The Morgan fingerprint density at radius 3 is 2.33 bits per heavy atom. The molecule has 2 nitrogen and oxygen atoms in total. The first-order valence-electron chi connectivity index (χ1n) is 5.11. The first-order chi connectivity index (χ1) is 7.09. The van der Waals surface area contributed by atoms with Crippen molar-refractivity contribution in [2.45, 2.75) is 37.0 Å². The van der Waals surface area contributed by atoms with E-state index in [0.717, 1.165) is 4.90 Å². The van der Waals surface area contributed by atoms with Gasteiger partial charge >= 0.3 is 0 Å². The molecule has 1 amide bonds. The molecule has 82 valence electrons. The van der Waals surface area contributed by atoms with Crippen LogP contribution in [0.1, 0.15) is 20.8 Å². The van der Waals surface area contributed by atoms with Gasteiger partial charge in [0, 0.05) is 10.9 Å². The van der Waals surface area contributed by atoms with Gasteiger partial charge in [0.25, 0.3) is 0 Å². The summed E-state index contributed by atoms with van der Waals surface area (Å²) in [6, 6.07) is 10.2. The van der Waals surface area contributed by atoms with Crippen LogP contribution in [0.2, 0.25) is 0 Å². The van der Waals surface area contributed by atoms with Crippen LogP contribution in [-0.2, 0) is 4.79 Å². The lowest BCUT2D eigenvalue weighted by Crippen LogP contribution is -2.35. The van der Waals surface area contributed by atoms with Gasteiger partial charge in [0.15, 0.2) is 0 Å². The highest BCUT2D eigenvalue weighted by Gasteiger charge is 2.14. The molecule has 0 saturated heterocycles. The monoisotopic (exact) mass is 223 g/mol. The Balaban J connectivity index is 2.49. The second-order valence-corrected chi connectivity index (χ2v) is 5.15. The number of thioether (sulfide) groups is 1. The average molecular weight is 223 g/mol. The molecule has 0 fully saturated rings. The van der Waals surface area contributed by atoms with Crippen LogP contribution < -0.4 is 5.32 Å². The predicted octanol–water partition coefficient (Wildman–Crippen LogP) is 2.69. The zero-order valence-corrected chi connectivity index (χ0v) is 10.2. The van der Waals surface area contributed by atoms with Crippen molar-refractivity contribution in [1.29, 1.82) is 0 Å². The van der Waals surface area contributed by atoms with E-state index in [9.17, 15) is 4.79 Å². The summed E-state index contributed by atoms with van der Waals surface area (Å²) in [5.74, 6) is 0.0962. The zero-order valence-electron chi connectivity index (χ0n) is 9.36. The third kappa shape index (κ3) is 4.38. The van der Waals surface area contributed by atoms with Crippen LogP contribution in [0.25, 0.3) is 0 Å². The molecule has 0 aromatic heterocycles. The minimum atomic E-state index is -0.0465. The summed E-state index contributed by atoms with van der Waals surface area (Å²) in [7, 11) is 0. The maximum Gasteiger partial charge on any atom is 0.233 e.